The van der Waals surface area contributed by atoms with Crippen molar-refractivity contribution in [3.63, 3.8) is 0 Å². The minimum atomic E-state index is -0.758. The van der Waals surface area contributed by atoms with Crippen molar-refractivity contribution in [1.29, 1.82) is 0 Å². The van der Waals surface area contributed by atoms with Crippen LogP contribution in [0.5, 0.6) is 0 Å². The molecular formula is C53H74N2O6. The fraction of sp³-hybridized carbons (Fsp3) is 0.717. The number of ether oxygens (including phenoxy) is 1. The number of ketones is 2. The van der Waals surface area contributed by atoms with E-state index in [2.05, 4.69) is 83.8 Å². The normalized spacial score (nSPS) is 41.0. The van der Waals surface area contributed by atoms with Gasteiger partial charge < -0.3 is 25.0 Å². The Morgan fingerprint density at radius 3 is 2.34 bits per heavy atom. The van der Waals surface area contributed by atoms with E-state index in [1.807, 2.05) is 20.0 Å². The maximum atomic E-state index is 15.0. The average Bonchev–Trinajstić information content (AvgIpc) is 3.76. The molecule has 3 N–H and O–H groups in total. The van der Waals surface area contributed by atoms with Gasteiger partial charge in [0.25, 0.3) is 0 Å². The van der Waals surface area contributed by atoms with Crippen LogP contribution < -0.4 is 0 Å². The summed E-state index contributed by atoms with van der Waals surface area (Å²) in [7, 11) is 0. The number of nitrogens with zero attached hydrogens (tertiary/aromatic N) is 2. The first kappa shape index (κ1) is 43.3. The Hall–Kier alpha value is -2.91. The standard InChI is InChI=1S/C53H74N2O6/c1-30-21-31(2)23-33(22-30)25-35-28-55(38-17-19-54-44(35)38)29-37-43-42(32(3)24-39(57)48-49(4,5)61-48)40(58)27-52(43,8)51(7)18-16-41-50(6,46(51)45(37)59)26-34(13-12-20-56)47(60)53(41,9)36-14-10-11-15-36/h17,19,21-23,28,32,34,36-39,41,45-46,48,56-57,59H,10-16,18,20,24-27,29H2,1-9H3/t32-,34+,37-,38?,39-,41+,45-,46+,48+,50-,51+,52-,53+/m1/s1. The Kier molecular flexibility index (Phi) is 10.7. The number of aliphatic imine (C=N–C) groups is 1. The smallest absolute Gasteiger partial charge is 0.160 e. The Morgan fingerprint density at radius 2 is 1.69 bits per heavy atom. The molecule has 4 saturated carbocycles. The summed E-state index contributed by atoms with van der Waals surface area (Å²) in [6.07, 6.45) is 14.5. The number of hydrogen-bond acceptors (Lipinski definition) is 8. The molecule has 3 heterocycles. The van der Waals surface area contributed by atoms with Gasteiger partial charge >= 0.3 is 0 Å². The highest BCUT2D eigenvalue weighted by atomic mass is 16.6. The molecule has 0 aromatic heterocycles. The highest BCUT2D eigenvalue weighted by Crippen LogP contribution is 2.76. The van der Waals surface area contributed by atoms with E-state index >= 15 is 0 Å². The Bertz CT molecular complexity index is 2070. The van der Waals surface area contributed by atoms with Crippen LogP contribution in [0.3, 0.4) is 0 Å². The Morgan fingerprint density at radius 1 is 1.00 bits per heavy atom. The summed E-state index contributed by atoms with van der Waals surface area (Å²) in [4.78, 5) is 37.3. The van der Waals surface area contributed by atoms with Crippen molar-refractivity contribution in [3.8, 4) is 0 Å². The number of hydrogen-bond donors (Lipinski definition) is 3. The van der Waals surface area contributed by atoms with Crippen LogP contribution in [0.4, 0.5) is 0 Å². The molecule has 9 rings (SSSR count). The van der Waals surface area contributed by atoms with E-state index in [-0.39, 0.29) is 65.1 Å². The lowest BCUT2D eigenvalue weighted by Gasteiger charge is -2.71. The molecule has 13 atom stereocenters. The number of aryl methyl sites for hydroxylation is 2. The molecule has 8 heteroatoms. The second-order valence-electron chi connectivity index (χ2n) is 22.9. The summed E-state index contributed by atoms with van der Waals surface area (Å²) in [5, 5.41) is 35.3. The highest BCUT2D eigenvalue weighted by molar-refractivity contribution is 6.09. The summed E-state index contributed by atoms with van der Waals surface area (Å²) in [5.41, 5.74) is 5.78. The van der Waals surface area contributed by atoms with E-state index < -0.39 is 28.5 Å². The van der Waals surface area contributed by atoms with E-state index in [9.17, 15) is 24.9 Å². The number of allylic oxidation sites excluding steroid dienone is 1. The molecule has 332 valence electrons. The monoisotopic (exact) mass is 835 g/mol. The van der Waals surface area contributed by atoms with Crippen LogP contribution in [0.25, 0.3) is 0 Å². The molecule has 8 aliphatic rings. The zero-order valence-electron chi connectivity index (χ0n) is 38.6. The molecule has 8 nitrogen and oxygen atoms in total. The lowest BCUT2D eigenvalue weighted by atomic mass is 9.33. The lowest BCUT2D eigenvalue weighted by molar-refractivity contribution is -0.233. The van der Waals surface area contributed by atoms with E-state index in [1.165, 1.54) is 22.3 Å². The van der Waals surface area contributed by atoms with Gasteiger partial charge in [0, 0.05) is 61.1 Å². The van der Waals surface area contributed by atoms with E-state index in [0.717, 1.165) is 61.8 Å². The summed E-state index contributed by atoms with van der Waals surface area (Å²) in [6, 6.07) is 6.69. The molecule has 5 fully saturated rings. The molecule has 61 heavy (non-hydrogen) atoms. The SMILES string of the molecule is Cc1cc(C)cc(CC2=CN(C[C@@H]3C4=C([C@H](C)C[C@@H](O)[C@@H]5OC5(C)C)C(=O)C[C@@]4(C)[C@@]4(C)CC[C@H]5[C@@](C)(C[C@H](CCCO)C(=O)[C@@]5(C)C5CCCC5)[C@@H]4[C@@H]3O)C3C=CN=C23)c1. The first-order chi connectivity index (χ1) is 28.8. The van der Waals surface area contributed by atoms with Gasteiger partial charge in [-0.05, 0) is 142 Å². The van der Waals surface area contributed by atoms with Crippen molar-refractivity contribution in [3.05, 3.63) is 70.1 Å². The molecule has 3 aliphatic heterocycles. The number of aliphatic hydroxyl groups is 3. The maximum absolute atomic E-state index is 15.0. The van der Waals surface area contributed by atoms with Crippen LogP contribution >= 0.6 is 0 Å². The summed E-state index contributed by atoms with van der Waals surface area (Å²) >= 11 is 0. The summed E-state index contributed by atoms with van der Waals surface area (Å²) in [6.45, 7) is 20.5. The Labute approximate surface area is 365 Å². The largest absolute Gasteiger partial charge is 0.396 e. The zero-order chi connectivity index (χ0) is 43.6. The second kappa shape index (κ2) is 15.1. The third-order valence-electron chi connectivity index (χ3n) is 18.8. The van der Waals surface area contributed by atoms with E-state index in [4.69, 9.17) is 9.73 Å². The van der Waals surface area contributed by atoms with Gasteiger partial charge in [-0.3, -0.25) is 14.6 Å². The van der Waals surface area contributed by atoms with Crippen molar-refractivity contribution < 1.29 is 29.6 Å². The molecule has 1 aromatic rings. The molecular weight excluding hydrogens is 761 g/mol. The topological polar surface area (TPSA) is 123 Å². The van der Waals surface area contributed by atoms with Crippen LogP contribution in [0.1, 0.15) is 136 Å². The second-order valence-corrected chi connectivity index (χ2v) is 22.9. The van der Waals surface area contributed by atoms with Gasteiger partial charge in [0.2, 0.25) is 0 Å². The minimum absolute atomic E-state index is 0.0437. The van der Waals surface area contributed by atoms with Crippen molar-refractivity contribution in [2.45, 2.75) is 169 Å². The van der Waals surface area contributed by atoms with Crippen molar-refractivity contribution in [2.75, 3.05) is 13.2 Å². The van der Waals surface area contributed by atoms with Crippen LogP contribution in [-0.2, 0) is 20.7 Å². The van der Waals surface area contributed by atoms with Crippen molar-refractivity contribution in [1.82, 2.24) is 4.90 Å². The molecule has 0 amide bonds. The fourth-order valence-electron chi connectivity index (χ4n) is 16.2. The van der Waals surface area contributed by atoms with Crippen LogP contribution in [0.15, 0.2) is 58.4 Å². The van der Waals surface area contributed by atoms with Gasteiger partial charge in [0.15, 0.2) is 5.78 Å². The zero-order valence-corrected chi connectivity index (χ0v) is 38.6. The van der Waals surface area contributed by atoms with Gasteiger partial charge in [0.1, 0.15) is 11.9 Å². The molecule has 1 saturated heterocycles. The fourth-order valence-corrected chi connectivity index (χ4v) is 16.2. The highest BCUT2D eigenvalue weighted by Gasteiger charge is 2.74. The molecule has 1 aromatic carbocycles. The Balaban J connectivity index is 1.16. The molecule has 1 unspecified atom stereocenters. The number of Topliss-reactive ketones (excluding diaryl/α,β-unsaturated/α-hetero) is 2. The number of carbonyl (C=O) groups is 2. The minimum Gasteiger partial charge on any atom is -0.396 e. The number of benzene rings is 1. The number of fused-ring (bicyclic) bond motifs is 6. The van der Waals surface area contributed by atoms with Crippen LogP contribution in [-0.4, -0.2) is 80.6 Å². The number of carbonyl (C=O) groups excluding carboxylic acids is 2. The van der Waals surface area contributed by atoms with Crippen molar-refractivity contribution in [2.24, 2.45) is 62.2 Å². The first-order valence-corrected chi connectivity index (χ1v) is 24.0. The predicted octanol–water partition coefficient (Wildman–Crippen LogP) is 8.81. The summed E-state index contributed by atoms with van der Waals surface area (Å²) < 4.78 is 5.90. The first-order valence-electron chi connectivity index (χ1n) is 24.0. The van der Waals surface area contributed by atoms with Crippen LogP contribution in [0, 0.1) is 71.0 Å². The van der Waals surface area contributed by atoms with E-state index in [1.54, 1.807) is 0 Å². The number of aliphatic hydroxyl groups excluding tert-OH is 3. The van der Waals surface area contributed by atoms with Crippen LogP contribution in [0.2, 0.25) is 0 Å². The molecule has 0 bridgehead atoms. The third kappa shape index (κ3) is 6.59. The average molecular weight is 835 g/mol. The predicted molar refractivity (Wildman–Crippen MR) is 240 cm³/mol. The summed E-state index contributed by atoms with van der Waals surface area (Å²) in [5.74, 6) is 0.160. The van der Waals surface area contributed by atoms with E-state index in [0.29, 0.717) is 50.4 Å². The van der Waals surface area contributed by atoms with Crippen molar-refractivity contribution >= 4 is 17.3 Å². The lowest BCUT2D eigenvalue weighted by Crippen LogP contribution is -2.70. The quantitative estimate of drug-likeness (QED) is 0.180. The maximum Gasteiger partial charge on any atom is 0.160 e. The van der Waals surface area contributed by atoms with Gasteiger partial charge in [-0.15, -0.1) is 0 Å². The van der Waals surface area contributed by atoms with Gasteiger partial charge in [-0.25, -0.2) is 0 Å². The molecule has 0 radical (unpaired) electrons. The van der Waals surface area contributed by atoms with Gasteiger partial charge in [-0.1, -0.05) is 76.8 Å². The van der Waals surface area contributed by atoms with Gasteiger partial charge in [-0.2, -0.15) is 0 Å². The third-order valence-corrected chi connectivity index (χ3v) is 18.8. The number of rotatable bonds is 12. The molecule has 0 spiro atoms. The molecule has 5 aliphatic carbocycles. The van der Waals surface area contributed by atoms with Gasteiger partial charge in [0.05, 0.1) is 29.6 Å². The number of epoxide rings is 1.